The van der Waals surface area contributed by atoms with Crippen LogP contribution in [0, 0.1) is 0 Å². The first-order valence-corrected chi connectivity index (χ1v) is 6.73. The van der Waals surface area contributed by atoms with Gasteiger partial charge in [-0.05, 0) is 19.3 Å². The highest BCUT2D eigenvalue weighted by Crippen LogP contribution is 2.18. The molecule has 0 saturated carbocycles. The number of amides is 3. The minimum absolute atomic E-state index is 0.0883. The third kappa shape index (κ3) is 6.68. The van der Waals surface area contributed by atoms with Gasteiger partial charge in [0.2, 0.25) is 23.6 Å². The van der Waals surface area contributed by atoms with Crippen LogP contribution in [0.15, 0.2) is 4.42 Å². The molecule has 1 atom stereocenters. The van der Waals surface area contributed by atoms with Crippen LogP contribution >= 0.6 is 0 Å². The zero-order valence-corrected chi connectivity index (χ0v) is 12.2. The molecule has 1 rings (SSSR count). The largest absolute Gasteiger partial charge is 0.465 e. The fourth-order valence-electron chi connectivity index (χ4n) is 1.80. The molecule has 0 radical (unpaired) electrons. The lowest BCUT2D eigenvalue weighted by Gasteiger charge is -2.13. The van der Waals surface area contributed by atoms with Crippen molar-refractivity contribution >= 4 is 17.9 Å². The van der Waals surface area contributed by atoms with Gasteiger partial charge in [0.25, 0.3) is 0 Å². The number of carbonyl (C=O) groups is 3. The number of primary amides is 1. The molecule has 0 aliphatic rings. The summed E-state index contributed by atoms with van der Waals surface area (Å²) in [6.07, 6.45) is 0.497. The third-order valence-electron chi connectivity index (χ3n) is 2.68. The standard InChI is InChI=1S/C12H19N5O5/c1-7(18)15-8(4-2-3-5-14-12(20)21)11-17-16-10(22-11)6-9(13)19/h8,14H,2-6H2,1H3,(H2,13,19)(H,15,18)(H,20,21)/t8-/m0/s1. The molecular weight excluding hydrogens is 294 g/mol. The Kier molecular flexibility index (Phi) is 6.80. The Morgan fingerprint density at radius 2 is 2.05 bits per heavy atom. The summed E-state index contributed by atoms with van der Waals surface area (Å²) in [5, 5.41) is 20.9. The van der Waals surface area contributed by atoms with Crippen molar-refractivity contribution in [3.05, 3.63) is 11.8 Å². The van der Waals surface area contributed by atoms with Crippen molar-refractivity contribution in [3.8, 4) is 0 Å². The van der Waals surface area contributed by atoms with Gasteiger partial charge in [-0.3, -0.25) is 9.59 Å². The van der Waals surface area contributed by atoms with Crippen molar-refractivity contribution < 1.29 is 23.9 Å². The molecule has 1 aromatic rings. The van der Waals surface area contributed by atoms with Crippen molar-refractivity contribution in [3.63, 3.8) is 0 Å². The fraction of sp³-hybridized carbons (Fsp3) is 0.583. The first kappa shape index (κ1) is 17.4. The molecule has 1 aromatic heterocycles. The van der Waals surface area contributed by atoms with Crippen LogP contribution in [0.25, 0.3) is 0 Å². The Morgan fingerprint density at radius 3 is 2.64 bits per heavy atom. The lowest BCUT2D eigenvalue weighted by Crippen LogP contribution is -2.27. The van der Waals surface area contributed by atoms with E-state index in [0.29, 0.717) is 25.8 Å². The normalized spacial score (nSPS) is 11.7. The zero-order valence-electron chi connectivity index (χ0n) is 12.2. The van der Waals surface area contributed by atoms with Crippen LogP contribution in [-0.4, -0.2) is 39.8 Å². The lowest BCUT2D eigenvalue weighted by molar-refractivity contribution is -0.120. The number of unbranched alkanes of at least 4 members (excludes halogenated alkanes) is 1. The van der Waals surface area contributed by atoms with Gasteiger partial charge in [0.15, 0.2) is 0 Å². The van der Waals surface area contributed by atoms with Crippen molar-refractivity contribution in [2.45, 2.75) is 38.6 Å². The third-order valence-corrected chi connectivity index (χ3v) is 2.68. The van der Waals surface area contributed by atoms with Crippen LogP contribution in [-0.2, 0) is 16.0 Å². The second kappa shape index (κ2) is 8.60. The average molecular weight is 313 g/mol. The molecule has 10 heteroatoms. The van der Waals surface area contributed by atoms with E-state index in [-0.39, 0.29) is 24.1 Å². The number of hydrogen-bond acceptors (Lipinski definition) is 6. The van der Waals surface area contributed by atoms with Crippen LogP contribution in [0.4, 0.5) is 4.79 Å². The molecule has 10 nitrogen and oxygen atoms in total. The first-order valence-electron chi connectivity index (χ1n) is 6.73. The van der Waals surface area contributed by atoms with Crippen molar-refractivity contribution in [1.82, 2.24) is 20.8 Å². The van der Waals surface area contributed by atoms with Crippen molar-refractivity contribution in [2.75, 3.05) is 6.54 Å². The monoisotopic (exact) mass is 313 g/mol. The van der Waals surface area contributed by atoms with E-state index < -0.39 is 18.0 Å². The van der Waals surface area contributed by atoms with E-state index in [1.54, 1.807) is 0 Å². The predicted octanol–water partition coefficient (Wildman–Crippen LogP) is -0.287. The number of hydrogen-bond donors (Lipinski definition) is 4. The maximum Gasteiger partial charge on any atom is 0.404 e. The van der Waals surface area contributed by atoms with Crippen LogP contribution < -0.4 is 16.4 Å². The van der Waals surface area contributed by atoms with E-state index >= 15 is 0 Å². The predicted molar refractivity (Wildman–Crippen MR) is 73.6 cm³/mol. The molecule has 0 fully saturated rings. The minimum atomic E-state index is -1.08. The smallest absolute Gasteiger partial charge is 0.404 e. The van der Waals surface area contributed by atoms with Gasteiger partial charge in [0.1, 0.15) is 12.5 Å². The molecule has 0 saturated heterocycles. The topological polar surface area (TPSA) is 160 Å². The molecule has 0 aliphatic heterocycles. The molecule has 0 aromatic carbocycles. The summed E-state index contributed by atoms with van der Waals surface area (Å²) in [6, 6.07) is -0.489. The number of carbonyl (C=O) groups excluding carboxylic acids is 2. The summed E-state index contributed by atoms with van der Waals surface area (Å²) in [6.45, 7) is 1.68. The summed E-state index contributed by atoms with van der Waals surface area (Å²) < 4.78 is 5.31. The second-order valence-corrected chi connectivity index (χ2v) is 4.66. The summed E-state index contributed by atoms with van der Waals surface area (Å²) in [5.41, 5.74) is 5.04. The first-order chi connectivity index (χ1) is 10.4. The summed E-state index contributed by atoms with van der Waals surface area (Å²) in [4.78, 5) is 32.3. The fourth-order valence-corrected chi connectivity index (χ4v) is 1.80. The number of nitrogens with two attached hydrogens (primary N) is 1. The maximum absolute atomic E-state index is 11.2. The van der Waals surface area contributed by atoms with Gasteiger partial charge in [0, 0.05) is 13.5 Å². The highest BCUT2D eigenvalue weighted by Gasteiger charge is 2.20. The lowest BCUT2D eigenvalue weighted by atomic mass is 10.1. The van der Waals surface area contributed by atoms with Crippen molar-refractivity contribution in [2.24, 2.45) is 5.73 Å². The number of rotatable bonds is 9. The maximum atomic E-state index is 11.2. The molecule has 122 valence electrons. The average Bonchev–Trinajstić information content (AvgIpc) is 2.83. The molecule has 0 spiro atoms. The van der Waals surface area contributed by atoms with Gasteiger partial charge in [-0.2, -0.15) is 0 Å². The van der Waals surface area contributed by atoms with E-state index in [1.165, 1.54) is 6.92 Å². The minimum Gasteiger partial charge on any atom is -0.465 e. The second-order valence-electron chi connectivity index (χ2n) is 4.66. The number of nitrogens with one attached hydrogen (secondary N) is 2. The summed E-state index contributed by atoms with van der Waals surface area (Å²) in [7, 11) is 0. The molecule has 0 bridgehead atoms. The van der Waals surface area contributed by atoms with Gasteiger partial charge < -0.3 is 25.9 Å². The summed E-state index contributed by atoms with van der Waals surface area (Å²) >= 11 is 0. The summed E-state index contributed by atoms with van der Waals surface area (Å²) in [5.74, 6) is -0.572. The highest BCUT2D eigenvalue weighted by molar-refractivity contribution is 5.75. The zero-order chi connectivity index (χ0) is 16.5. The van der Waals surface area contributed by atoms with Crippen LogP contribution in [0.5, 0.6) is 0 Å². The van der Waals surface area contributed by atoms with E-state index in [2.05, 4.69) is 20.8 Å². The number of nitrogens with zero attached hydrogens (tertiary/aromatic N) is 2. The number of carboxylic acid groups (broad SMARTS) is 1. The molecule has 22 heavy (non-hydrogen) atoms. The number of aromatic nitrogens is 2. The molecule has 0 aliphatic carbocycles. The Balaban J connectivity index is 2.56. The van der Waals surface area contributed by atoms with Crippen molar-refractivity contribution in [1.29, 1.82) is 0 Å². The van der Waals surface area contributed by atoms with Crippen LogP contribution in [0.2, 0.25) is 0 Å². The molecular formula is C12H19N5O5. The quantitative estimate of drug-likeness (QED) is 0.455. The Labute approximate surface area is 126 Å². The Bertz CT molecular complexity index is 530. The van der Waals surface area contributed by atoms with Gasteiger partial charge in [-0.15, -0.1) is 10.2 Å². The van der Waals surface area contributed by atoms with E-state index in [0.717, 1.165) is 0 Å². The molecule has 0 unspecified atom stereocenters. The van der Waals surface area contributed by atoms with E-state index in [9.17, 15) is 14.4 Å². The van der Waals surface area contributed by atoms with Crippen LogP contribution in [0.3, 0.4) is 0 Å². The highest BCUT2D eigenvalue weighted by atomic mass is 16.4. The van der Waals surface area contributed by atoms with E-state index in [4.69, 9.17) is 15.3 Å². The van der Waals surface area contributed by atoms with Gasteiger partial charge in [-0.1, -0.05) is 0 Å². The Hall–Kier alpha value is -2.65. The van der Waals surface area contributed by atoms with Gasteiger partial charge in [-0.25, -0.2) is 4.79 Å². The molecule has 1 heterocycles. The van der Waals surface area contributed by atoms with Gasteiger partial charge in [0.05, 0.1) is 0 Å². The van der Waals surface area contributed by atoms with E-state index in [1.807, 2.05) is 0 Å². The SMILES string of the molecule is CC(=O)N[C@@H](CCCCNC(=O)O)c1nnc(CC(N)=O)o1. The van der Waals surface area contributed by atoms with Gasteiger partial charge >= 0.3 is 6.09 Å². The molecule has 5 N–H and O–H groups in total. The Morgan fingerprint density at radius 1 is 1.32 bits per heavy atom. The molecule has 3 amide bonds. The van der Waals surface area contributed by atoms with Crippen LogP contribution in [0.1, 0.15) is 44.0 Å².